The van der Waals surface area contributed by atoms with Crippen LogP contribution in [0.2, 0.25) is 0 Å². The molecule has 1 saturated heterocycles. The first-order valence-electron chi connectivity index (χ1n) is 5.37. The second kappa shape index (κ2) is 4.76. The highest BCUT2D eigenvalue weighted by Crippen LogP contribution is 2.07. The van der Waals surface area contributed by atoms with Gasteiger partial charge < -0.3 is 4.90 Å². The first kappa shape index (κ1) is 10.6. The number of nitrogens with zero attached hydrogens (tertiary/aromatic N) is 2. The van der Waals surface area contributed by atoms with Crippen LogP contribution in [0.25, 0.3) is 0 Å². The molecule has 1 aromatic heterocycles. The molecule has 0 saturated carbocycles. The average Bonchev–Trinajstić information content (AvgIpc) is 2.82. The Labute approximate surface area is 93.1 Å². The van der Waals surface area contributed by atoms with Crippen LogP contribution < -0.4 is 5.69 Å². The summed E-state index contributed by atoms with van der Waals surface area (Å²) in [5.41, 5.74) is -0.138. The summed E-state index contributed by atoms with van der Waals surface area (Å²) in [5, 5.41) is 5.12. The molecular formula is C9H16N4OS. The van der Waals surface area contributed by atoms with Crippen LogP contribution in [0.3, 0.4) is 0 Å². The van der Waals surface area contributed by atoms with Gasteiger partial charge in [-0.2, -0.15) is 0 Å². The van der Waals surface area contributed by atoms with Crippen molar-refractivity contribution in [3.05, 3.63) is 15.3 Å². The Balaban J connectivity index is 1.83. The van der Waals surface area contributed by atoms with Gasteiger partial charge >= 0.3 is 5.69 Å². The molecule has 1 aromatic rings. The molecule has 2 heterocycles. The highest BCUT2D eigenvalue weighted by atomic mass is 32.1. The van der Waals surface area contributed by atoms with Crippen molar-refractivity contribution < 1.29 is 0 Å². The largest absolute Gasteiger partial charge is 0.342 e. The van der Waals surface area contributed by atoms with Gasteiger partial charge in [-0.1, -0.05) is 0 Å². The van der Waals surface area contributed by atoms with Gasteiger partial charge in [0.1, 0.15) is 0 Å². The maximum absolute atomic E-state index is 11.3. The Kier molecular flexibility index (Phi) is 3.37. The van der Waals surface area contributed by atoms with E-state index in [0.717, 1.165) is 13.0 Å². The lowest BCUT2D eigenvalue weighted by molar-refractivity contribution is 0.324. The predicted molar refractivity (Wildman–Crippen MR) is 60.5 cm³/mol. The Morgan fingerprint density at radius 1 is 1.20 bits per heavy atom. The maximum Gasteiger partial charge on any atom is 0.342 e. The Hall–Kier alpha value is -0.880. The van der Waals surface area contributed by atoms with E-state index in [2.05, 4.69) is 15.1 Å². The zero-order valence-electron chi connectivity index (χ0n) is 8.66. The topological polar surface area (TPSA) is 56.8 Å². The van der Waals surface area contributed by atoms with Gasteiger partial charge in [-0.05, 0) is 51.1 Å². The Bertz CT molecular complexity index is 385. The fourth-order valence-corrected chi connectivity index (χ4v) is 2.22. The van der Waals surface area contributed by atoms with E-state index in [4.69, 9.17) is 12.2 Å². The van der Waals surface area contributed by atoms with Crippen molar-refractivity contribution in [2.24, 2.45) is 0 Å². The van der Waals surface area contributed by atoms with E-state index in [1.807, 2.05) is 0 Å². The lowest BCUT2D eigenvalue weighted by Gasteiger charge is -2.13. The molecule has 15 heavy (non-hydrogen) atoms. The normalized spacial score (nSPS) is 17.3. The highest BCUT2D eigenvalue weighted by Gasteiger charge is 2.10. The molecule has 0 atom stereocenters. The number of hydrogen-bond donors (Lipinski definition) is 2. The van der Waals surface area contributed by atoms with E-state index in [9.17, 15) is 4.79 Å². The second-order valence-corrected chi connectivity index (χ2v) is 4.30. The zero-order chi connectivity index (χ0) is 10.7. The molecule has 2 N–H and O–H groups in total. The molecule has 84 valence electrons. The molecule has 0 amide bonds. The minimum atomic E-state index is -0.138. The number of likely N-dealkylation sites (tertiary alicyclic amines) is 1. The molecule has 0 radical (unpaired) electrons. The predicted octanol–water partition coefficient (Wildman–Crippen LogP) is 0.720. The van der Waals surface area contributed by atoms with Crippen molar-refractivity contribution in [1.82, 2.24) is 19.7 Å². The third-order valence-corrected chi connectivity index (χ3v) is 3.14. The Morgan fingerprint density at radius 2 is 1.93 bits per heavy atom. The second-order valence-electron chi connectivity index (χ2n) is 3.91. The quantitative estimate of drug-likeness (QED) is 0.747. The van der Waals surface area contributed by atoms with Gasteiger partial charge in [-0.3, -0.25) is 9.67 Å². The van der Waals surface area contributed by atoms with E-state index >= 15 is 0 Å². The van der Waals surface area contributed by atoms with Crippen molar-refractivity contribution in [2.45, 2.75) is 25.8 Å². The maximum atomic E-state index is 11.3. The van der Waals surface area contributed by atoms with E-state index < -0.39 is 0 Å². The summed E-state index contributed by atoms with van der Waals surface area (Å²) < 4.78 is 2.06. The summed E-state index contributed by atoms with van der Waals surface area (Å²) in [6.07, 6.45) is 3.60. The van der Waals surface area contributed by atoms with Crippen LogP contribution in [-0.4, -0.2) is 39.3 Å². The molecule has 1 aliphatic rings. The molecule has 1 fully saturated rings. The van der Waals surface area contributed by atoms with E-state index in [1.165, 1.54) is 25.9 Å². The molecule has 0 bridgehead atoms. The molecule has 0 aromatic carbocycles. The summed E-state index contributed by atoms with van der Waals surface area (Å²) >= 11 is 4.98. The van der Waals surface area contributed by atoms with Gasteiger partial charge in [-0.25, -0.2) is 9.89 Å². The van der Waals surface area contributed by atoms with Crippen LogP contribution in [0.1, 0.15) is 19.3 Å². The van der Waals surface area contributed by atoms with Crippen molar-refractivity contribution >= 4 is 12.2 Å². The fraction of sp³-hybridized carbons (Fsp3) is 0.778. The summed E-state index contributed by atoms with van der Waals surface area (Å²) in [5.74, 6) is 0. The number of rotatable bonds is 4. The van der Waals surface area contributed by atoms with E-state index in [-0.39, 0.29) is 5.69 Å². The van der Waals surface area contributed by atoms with Gasteiger partial charge in [0.05, 0.1) is 0 Å². The molecule has 6 heteroatoms. The molecule has 0 aliphatic carbocycles. The van der Waals surface area contributed by atoms with E-state index in [0.29, 0.717) is 11.3 Å². The van der Waals surface area contributed by atoms with Crippen LogP contribution in [0.4, 0.5) is 0 Å². The average molecular weight is 228 g/mol. The highest BCUT2D eigenvalue weighted by molar-refractivity contribution is 7.71. The monoisotopic (exact) mass is 228 g/mol. The van der Waals surface area contributed by atoms with Crippen molar-refractivity contribution in [3.8, 4) is 0 Å². The van der Waals surface area contributed by atoms with Crippen molar-refractivity contribution in [1.29, 1.82) is 0 Å². The third-order valence-electron chi connectivity index (χ3n) is 2.82. The minimum Gasteiger partial charge on any atom is -0.303 e. The SMILES string of the molecule is O=c1[nH][nH]c(=S)n1CCCN1CCCC1. The Morgan fingerprint density at radius 3 is 2.53 bits per heavy atom. The van der Waals surface area contributed by atoms with Gasteiger partial charge in [0.2, 0.25) is 0 Å². The van der Waals surface area contributed by atoms with Gasteiger partial charge in [0, 0.05) is 6.54 Å². The van der Waals surface area contributed by atoms with Crippen LogP contribution in [0.15, 0.2) is 4.79 Å². The van der Waals surface area contributed by atoms with Crippen molar-refractivity contribution in [2.75, 3.05) is 19.6 Å². The molecule has 2 rings (SSSR count). The summed E-state index contributed by atoms with van der Waals surface area (Å²) in [4.78, 5) is 13.7. The lowest BCUT2D eigenvalue weighted by Crippen LogP contribution is -2.24. The number of aromatic amines is 2. The van der Waals surface area contributed by atoms with Crippen molar-refractivity contribution in [3.63, 3.8) is 0 Å². The molecule has 5 nitrogen and oxygen atoms in total. The van der Waals surface area contributed by atoms with Crippen LogP contribution in [0, 0.1) is 4.77 Å². The molecule has 0 unspecified atom stereocenters. The van der Waals surface area contributed by atoms with Crippen LogP contribution >= 0.6 is 12.2 Å². The summed E-state index contributed by atoms with van der Waals surface area (Å²) in [7, 11) is 0. The summed E-state index contributed by atoms with van der Waals surface area (Å²) in [6, 6.07) is 0. The summed E-state index contributed by atoms with van der Waals surface area (Å²) in [6.45, 7) is 4.17. The lowest BCUT2D eigenvalue weighted by atomic mass is 10.4. The smallest absolute Gasteiger partial charge is 0.303 e. The van der Waals surface area contributed by atoms with E-state index in [1.54, 1.807) is 4.57 Å². The fourth-order valence-electron chi connectivity index (χ4n) is 2.00. The number of hydrogen-bond acceptors (Lipinski definition) is 3. The van der Waals surface area contributed by atoms with Gasteiger partial charge in [0.25, 0.3) is 0 Å². The molecular weight excluding hydrogens is 212 g/mol. The van der Waals surface area contributed by atoms with Gasteiger partial charge in [-0.15, -0.1) is 0 Å². The molecule has 1 aliphatic heterocycles. The number of aromatic nitrogens is 3. The first-order valence-corrected chi connectivity index (χ1v) is 5.78. The molecule has 0 spiro atoms. The third kappa shape index (κ3) is 2.57. The zero-order valence-corrected chi connectivity index (χ0v) is 9.48. The van der Waals surface area contributed by atoms with Gasteiger partial charge in [0.15, 0.2) is 4.77 Å². The van der Waals surface area contributed by atoms with Crippen LogP contribution in [0.5, 0.6) is 0 Å². The number of H-pyrrole nitrogens is 2. The number of nitrogens with one attached hydrogen (secondary N) is 2. The standard InChI is InChI=1S/C9H16N4OS/c14-8-10-11-9(15)13(8)7-3-6-12-4-1-2-5-12/h1-7H2,(H,10,14)(H,11,15). The minimum absolute atomic E-state index is 0.138. The first-order chi connectivity index (χ1) is 7.27. The van der Waals surface area contributed by atoms with Crippen LogP contribution in [-0.2, 0) is 6.54 Å².